The summed E-state index contributed by atoms with van der Waals surface area (Å²) in [7, 11) is -1.07. The summed E-state index contributed by atoms with van der Waals surface area (Å²) in [5, 5.41) is 11.5. The maximum absolute atomic E-state index is 8.49. The van der Waals surface area contributed by atoms with E-state index in [0.29, 0.717) is 0 Å². The molecule has 4 aliphatic heterocycles. The lowest BCUT2D eigenvalue weighted by Gasteiger charge is -2.36. The van der Waals surface area contributed by atoms with Gasteiger partial charge < -0.3 is 72.3 Å². The van der Waals surface area contributed by atoms with Gasteiger partial charge >= 0.3 is 0 Å². The molecule has 2 unspecified atom stereocenters. The maximum Gasteiger partial charge on any atom is 0.262 e. The molecule has 0 amide bonds. The van der Waals surface area contributed by atoms with E-state index in [4.69, 9.17) is 42.0 Å². The first kappa shape index (κ1) is 106. The second-order valence-electron chi connectivity index (χ2n) is 35.0. The molecule has 21 rings (SSSR count). The number of thioether (sulfide) groups is 1. The molecule has 0 saturated carbocycles. The number of para-hydroxylation sites is 3. The monoisotopic (exact) mass is 2210 g/mol. The Kier molecular flexibility index (Phi) is 34.4. The van der Waals surface area contributed by atoms with Crippen molar-refractivity contribution >= 4 is 156 Å². The number of nitrogens with zero attached hydrogens (tertiary/aromatic N) is 8. The van der Waals surface area contributed by atoms with Gasteiger partial charge in [-0.3, -0.25) is 0 Å². The van der Waals surface area contributed by atoms with Gasteiger partial charge in [0, 0.05) is 103 Å². The normalized spacial score (nSPS) is 16.4. The van der Waals surface area contributed by atoms with Crippen LogP contribution >= 0.6 is 45.8 Å². The molecule has 141 heavy (non-hydrogen) atoms. The molecular weight excluding hydrogens is 2100 g/mol. The molecule has 4 aromatic heterocycles. The number of aromatic nitrogens is 4. The van der Waals surface area contributed by atoms with Crippen molar-refractivity contribution in [2.75, 3.05) is 37.5 Å². The fraction of sp³-hybridized carbons (Fsp3) is 0.190. The highest BCUT2D eigenvalue weighted by Gasteiger charge is 2.45. The van der Waals surface area contributed by atoms with Gasteiger partial charge in [-0.05, 0) is 240 Å². The van der Waals surface area contributed by atoms with Crippen LogP contribution in [0.1, 0.15) is 118 Å². The number of hydrogen-bond acceptors (Lipinski definition) is 17. The Bertz CT molecular complexity index is 7620. The highest BCUT2D eigenvalue weighted by Crippen LogP contribution is 2.52. The van der Waals surface area contributed by atoms with E-state index in [-0.39, 0.29) is 59.0 Å². The lowest BCUT2D eigenvalue weighted by atomic mass is 9.82. The molecule has 0 aliphatic carbocycles. The zero-order chi connectivity index (χ0) is 98.2. The van der Waals surface area contributed by atoms with E-state index in [1.807, 2.05) is 51.8 Å². The van der Waals surface area contributed by atoms with Crippen LogP contribution in [0.2, 0.25) is 0 Å². The van der Waals surface area contributed by atoms with Crippen molar-refractivity contribution < 1.29 is 129 Å². The van der Waals surface area contributed by atoms with Crippen molar-refractivity contribution in [3.63, 3.8) is 0 Å². The number of aryl methyl sites for hydroxylation is 8. The third-order valence-corrected chi connectivity index (χ3v) is 30.9. The predicted octanol–water partition coefficient (Wildman–Crippen LogP) is 12.2. The van der Waals surface area contributed by atoms with E-state index >= 15 is 0 Å². The maximum atomic E-state index is 8.49. The number of ether oxygens (including phenoxy) is 1. The first-order valence-electron chi connectivity index (χ1n) is 46.4. The summed E-state index contributed by atoms with van der Waals surface area (Å²) in [5.41, 5.74) is 27.5. The van der Waals surface area contributed by atoms with Crippen LogP contribution in [0.3, 0.4) is 0 Å². The molecule has 13 aromatic carbocycles. The average molecular weight is 2220 g/mol. The fourth-order valence-corrected chi connectivity index (χ4v) is 24.2. The van der Waals surface area contributed by atoms with Crippen molar-refractivity contribution in [3.05, 3.63) is 415 Å². The standard InChI is InChI=1S/C35H35N2S.C31H33N2S.C27H25N2OS.C23H19N2S.2ClHO4.2HI/c1-6-37-31(38-30-22-21-27-15-10-11-16-28(27)34(30)37)18-12-17-29-32-24(2)19-20-25(3)33(32)35(4,36(29)5)23-26-13-8-7-9-14-26;1-6-33-25-15-10-11-17-27(25)34-28(33)18-12-16-26-29-22(2)19-20-23(3)30(29)31(4,32(26)5)21-24-13-8-7-9-14-24;1-3-28-23-19-21(20-11-6-5-7-12-20)17-18-24(23)30-26(28)15-10-16-27-29(4-2)22-13-8-9-14-25(22)31-27;1-24-18(15-22-25(2)20-9-5-6-10-21(20)26-22)14-13-17-12-11-16-7-3-4-8-19(16)23(17)24;2*2-1(3,4)5;;/h7-22H,6,23H2,1-5H3;7-20H,6,21H2,1-5H3;5-19H,3-4H2,1-2H3;3-15H,1-2H3;2*(H,2,3,4,5);2*1H/q4*+1;;;;/p-4. The minimum atomic E-state index is -4.94. The number of benzene rings is 13. The molecular formula is C116H112Cl2I2N8O9S4. The number of rotatable bonds is 16. The first-order valence-corrected chi connectivity index (χ1v) is 52.1. The molecule has 0 bridgehead atoms. The Labute approximate surface area is 880 Å². The Balaban J connectivity index is 0.000000145. The quantitative estimate of drug-likeness (QED) is 0.0499. The van der Waals surface area contributed by atoms with Gasteiger partial charge in [-0.15, -0.1) is 20.5 Å². The van der Waals surface area contributed by atoms with Crippen LogP contribution in [0, 0.1) is 48.2 Å². The molecule has 0 spiro atoms. The van der Waals surface area contributed by atoms with E-state index < -0.39 is 20.5 Å². The predicted molar refractivity (Wildman–Crippen MR) is 551 cm³/mol. The smallest absolute Gasteiger partial charge is 0.262 e. The molecule has 2 atom stereocenters. The van der Waals surface area contributed by atoms with Crippen LogP contribution in [0.15, 0.2) is 343 Å². The van der Waals surface area contributed by atoms with Gasteiger partial charge in [-0.25, -0.2) is 37.3 Å². The van der Waals surface area contributed by atoms with Crippen molar-refractivity contribution in [2.24, 2.45) is 7.05 Å². The van der Waals surface area contributed by atoms with E-state index in [2.05, 4.69) is 481 Å². The molecule has 0 N–H and O–H groups in total. The average Bonchev–Trinajstić information content (AvgIpc) is 1.58. The molecule has 0 radical (unpaired) electrons. The van der Waals surface area contributed by atoms with Gasteiger partial charge in [-0.2, -0.15) is 18.3 Å². The largest absolute Gasteiger partial charge is 1.00 e. The van der Waals surface area contributed by atoms with Gasteiger partial charge in [0.15, 0.2) is 5.75 Å². The van der Waals surface area contributed by atoms with Crippen molar-refractivity contribution in [1.82, 2.24) is 9.80 Å². The van der Waals surface area contributed by atoms with Crippen LogP contribution in [0.25, 0.3) is 110 Å². The van der Waals surface area contributed by atoms with E-state index in [0.717, 1.165) is 56.3 Å². The number of thiazole rings is 3. The zero-order valence-corrected chi connectivity index (χ0v) is 90.2. The van der Waals surface area contributed by atoms with E-state index in [9.17, 15) is 0 Å². The summed E-state index contributed by atoms with van der Waals surface area (Å²) in [6.07, 6.45) is 24.3. The van der Waals surface area contributed by atoms with Crippen molar-refractivity contribution in [1.29, 1.82) is 0 Å². The highest BCUT2D eigenvalue weighted by molar-refractivity contribution is 8.03. The minimum absolute atomic E-state index is 0. The minimum Gasteiger partial charge on any atom is -1.00 e. The van der Waals surface area contributed by atoms with Crippen molar-refractivity contribution in [3.8, 4) is 16.9 Å². The van der Waals surface area contributed by atoms with Gasteiger partial charge in [0.1, 0.15) is 40.8 Å². The topological polar surface area (TPSA) is 222 Å². The Morgan fingerprint density at radius 3 is 1.33 bits per heavy atom. The third kappa shape index (κ3) is 23.3. The molecule has 17 aromatic rings. The summed E-state index contributed by atoms with van der Waals surface area (Å²) in [5.74, 6) is 1.77. The molecule has 25 heteroatoms. The Morgan fingerprint density at radius 1 is 0.404 bits per heavy atom. The number of fused-ring (bicyclic) bond motifs is 12. The summed E-state index contributed by atoms with van der Waals surface area (Å²) in [6, 6.07) is 104. The summed E-state index contributed by atoms with van der Waals surface area (Å²) in [6.45, 7) is 26.3. The van der Waals surface area contributed by atoms with Crippen LogP contribution < -0.4 is 118 Å². The highest BCUT2D eigenvalue weighted by atomic mass is 127. The number of allylic oxidation sites excluding steroid dienone is 6. The molecule has 722 valence electrons. The first-order chi connectivity index (χ1) is 66.9. The van der Waals surface area contributed by atoms with Crippen LogP contribution in [-0.2, 0) is 50.6 Å². The Morgan fingerprint density at radius 2 is 0.823 bits per heavy atom. The lowest BCUT2D eigenvalue weighted by Crippen LogP contribution is -3.00. The zero-order valence-electron chi connectivity index (χ0n) is 81.1. The number of halogens is 4. The number of likely N-dealkylation sites (N-methyl/N-ethyl adjacent to an activating group) is 2. The molecule has 8 heterocycles. The fourth-order valence-electron chi connectivity index (χ4n) is 19.7. The second-order valence-corrected chi connectivity index (χ2v) is 40.8. The SMILES string of the molecule is CCN1C(=CC=Cc2sc3ccccc3[n+]2CC)Oc2ccc(-c3ccccc3)cc21.CC[n+]1c(/C=C/C=C2/c3c(C)ccc(C)c3C(C)(Cc3ccccc3)N2C)sc2ccc3ccccc3c21.CC[n+]1c(/C=C/C=C2/c3c(C)ccc(C)c3C(C)(Cc3ccccc3)N2C)sc2ccccc21.CN1/C(=C/c2ccc3ccc4ccccc4c3[n+]2C)Sc2ccccc21.[I-].[I-].[O-][Cl+3]([O-])([O-])[O-].[O-][Cl+3]([O-])([O-])[O-]. The number of anilines is 2. The summed E-state index contributed by atoms with van der Waals surface area (Å²) in [4.78, 5) is 10.8. The molecule has 17 nitrogen and oxygen atoms in total. The second kappa shape index (κ2) is 46.0. The van der Waals surface area contributed by atoms with E-state index in [1.165, 1.54) is 178 Å². The van der Waals surface area contributed by atoms with E-state index in [1.54, 1.807) is 0 Å². The van der Waals surface area contributed by atoms with Crippen LogP contribution in [-0.4, -0.2) is 37.5 Å². The third-order valence-electron chi connectivity index (χ3n) is 26.4. The molecule has 0 fully saturated rings. The van der Waals surface area contributed by atoms with Crippen molar-refractivity contribution in [2.45, 2.75) is 118 Å². The molecule has 4 aliphatic rings. The van der Waals surface area contributed by atoms with Gasteiger partial charge in [0.2, 0.25) is 33.6 Å². The lowest BCUT2D eigenvalue weighted by molar-refractivity contribution is -2.00. The van der Waals surface area contributed by atoms with Gasteiger partial charge in [0.25, 0.3) is 15.0 Å². The van der Waals surface area contributed by atoms with Gasteiger partial charge in [-0.1, -0.05) is 264 Å². The number of hydrogen-bond donors (Lipinski definition) is 0. The number of pyridine rings is 1. The van der Waals surface area contributed by atoms with Crippen LogP contribution in [0.5, 0.6) is 5.75 Å². The Hall–Kier alpha value is -11.3. The van der Waals surface area contributed by atoms with Gasteiger partial charge in [0.05, 0.1) is 38.3 Å². The summed E-state index contributed by atoms with van der Waals surface area (Å²) >= 11 is 7.38. The summed E-state index contributed by atoms with van der Waals surface area (Å²) < 4.78 is 87.6. The molecule has 0 saturated heterocycles. The van der Waals surface area contributed by atoms with Crippen LogP contribution in [0.4, 0.5) is 11.4 Å².